The first-order valence-corrected chi connectivity index (χ1v) is 9.75. The number of H-pyrrole nitrogens is 1. The van der Waals surface area contributed by atoms with Gasteiger partial charge in [-0.15, -0.1) is 0 Å². The van der Waals surface area contributed by atoms with Gasteiger partial charge < -0.3 is 14.6 Å². The predicted octanol–water partition coefficient (Wildman–Crippen LogP) is 3.69. The fourth-order valence-corrected chi connectivity index (χ4v) is 5.13. The molecule has 1 aromatic heterocycles. The largest absolute Gasteiger partial charge is 0.381 e. The molecule has 2 aromatic rings. The maximum atomic E-state index is 13.3. The van der Waals surface area contributed by atoms with Gasteiger partial charge in [0.05, 0.1) is 17.7 Å². The first-order chi connectivity index (χ1) is 12.3. The number of nitrogens with one attached hydrogen (secondary N) is 1. The smallest absolute Gasteiger partial charge is 0.256 e. The van der Waals surface area contributed by atoms with Crippen LogP contribution in [0.2, 0.25) is 0 Å². The van der Waals surface area contributed by atoms with Crippen molar-refractivity contribution in [2.75, 3.05) is 26.3 Å². The Labute approximate surface area is 148 Å². The number of para-hydroxylation sites is 1. The third-order valence-corrected chi connectivity index (χ3v) is 6.50. The quantitative estimate of drug-likeness (QED) is 0.862. The van der Waals surface area contributed by atoms with E-state index in [9.17, 15) is 4.79 Å². The monoisotopic (exact) mass is 338 g/mol. The van der Waals surface area contributed by atoms with E-state index in [4.69, 9.17) is 4.74 Å². The van der Waals surface area contributed by atoms with Crippen LogP contribution in [0.15, 0.2) is 18.2 Å². The Morgan fingerprint density at radius 2 is 2.08 bits per heavy atom. The van der Waals surface area contributed by atoms with Crippen LogP contribution in [0.1, 0.15) is 53.7 Å². The van der Waals surface area contributed by atoms with Crippen LogP contribution >= 0.6 is 0 Å². The minimum absolute atomic E-state index is 0.190. The summed E-state index contributed by atoms with van der Waals surface area (Å²) in [5.41, 5.74) is 4.90. The van der Waals surface area contributed by atoms with Crippen LogP contribution in [0.4, 0.5) is 0 Å². The van der Waals surface area contributed by atoms with Crippen LogP contribution < -0.4 is 0 Å². The lowest BCUT2D eigenvalue weighted by atomic mass is 9.79. The summed E-state index contributed by atoms with van der Waals surface area (Å²) in [6.07, 6.45) is 8.13. The summed E-state index contributed by atoms with van der Waals surface area (Å²) in [6, 6.07) is 6.23. The highest BCUT2D eigenvalue weighted by atomic mass is 16.5. The summed E-state index contributed by atoms with van der Waals surface area (Å²) in [5, 5.41) is 1.26. The maximum Gasteiger partial charge on any atom is 0.256 e. The number of piperidine rings is 1. The van der Waals surface area contributed by atoms with Crippen LogP contribution in [0.25, 0.3) is 10.9 Å². The molecule has 1 amide bonds. The Kier molecular flexibility index (Phi) is 3.63. The molecule has 2 fully saturated rings. The van der Waals surface area contributed by atoms with Gasteiger partial charge in [-0.3, -0.25) is 4.79 Å². The molecule has 1 atom stereocenters. The fourth-order valence-electron chi connectivity index (χ4n) is 5.13. The number of amides is 1. The highest BCUT2D eigenvalue weighted by molar-refractivity contribution is 6.06. The van der Waals surface area contributed by atoms with E-state index >= 15 is 0 Å². The number of fused-ring (bicyclic) bond motifs is 3. The number of aryl methyl sites for hydroxylation is 2. The minimum Gasteiger partial charge on any atom is -0.381 e. The van der Waals surface area contributed by atoms with E-state index in [1.165, 1.54) is 35.9 Å². The zero-order chi connectivity index (χ0) is 16.9. The van der Waals surface area contributed by atoms with Crippen LogP contribution in [-0.2, 0) is 17.6 Å². The van der Waals surface area contributed by atoms with E-state index in [0.717, 1.165) is 63.1 Å². The summed E-state index contributed by atoms with van der Waals surface area (Å²) < 4.78 is 5.65. The molecule has 4 heteroatoms. The van der Waals surface area contributed by atoms with E-state index in [2.05, 4.69) is 22.0 Å². The van der Waals surface area contributed by atoms with Gasteiger partial charge in [-0.2, -0.15) is 0 Å². The van der Waals surface area contributed by atoms with Crippen molar-refractivity contribution in [1.82, 2.24) is 9.88 Å². The van der Waals surface area contributed by atoms with Crippen LogP contribution in [0.5, 0.6) is 0 Å². The van der Waals surface area contributed by atoms with Crippen molar-refractivity contribution in [1.29, 1.82) is 0 Å². The van der Waals surface area contributed by atoms with E-state index in [1.54, 1.807) is 0 Å². The molecule has 3 heterocycles. The fraction of sp³-hybridized carbons (Fsp3) is 0.571. The SMILES string of the molecule is O=C(c1cccc2c3c([nH]c12)CCCC3)N1CCCC2(CCOC2)C1. The molecule has 4 nitrogen and oxygen atoms in total. The van der Waals surface area contributed by atoms with Crippen molar-refractivity contribution in [2.45, 2.75) is 44.9 Å². The van der Waals surface area contributed by atoms with Gasteiger partial charge in [-0.25, -0.2) is 0 Å². The molecule has 5 rings (SSSR count). The van der Waals surface area contributed by atoms with Gasteiger partial charge >= 0.3 is 0 Å². The van der Waals surface area contributed by atoms with Crippen molar-refractivity contribution in [3.63, 3.8) is 0 Å². The van der Waals surface area contributed by atoms with Crippen molar-refractivity contribution in [3.05, 3.63) is 35.0 Å². The number of nitrogens with zero attached hydrogens (tertiary/aromatic N) is 1. The second-order valence-corrected chi connectivity index (χ2v) is 8.15. The molecule has 0 saturated carbocycles. The average Bonchev–Trinajstić information content (AvgIpc) is 3.25. The molecule has 1 aliphatic carbocycles. The average molecular weight is 338 g/mol. The molecule has 1 N–H and O–H groups in total. The summed E-state index contributed by atoms with van der Waals surface area (Å²) >= 11 is 0. The molecule has 1 aromatic carbocycles. The topological polar surface area (TPSA) is 45.3 Å². The number of hydrogen-bond acceptors (Lipinski definition) is 2. The normalized spacial score (nSPS) is 26.3. The Hall–Kier alpha value is -1.81. The lowest BCUT2D eigenvalue weighted by Crippen LogP contribution is -2.46. The third kappa shape index (κ3) is 2.50. The molecule has 132 valence electrons. The van der Waals surface area contributed by atoms with Crippen LogP contribution in [-0.4, -0.2) is 42.1 Å². The zero-order valence-electron chi connectivity index (χ0n) is 14.8. The lowest BCUT2D eigenvalue weighted by Gasteiger charge is -2.39. The van der Waals surface area contributed by atoms with Gasteiger partial charge in [0.15, 0.2) is 0 Å². The maximum absolute atomic E-state index is 13.3. The predicted molar refractivity (Wildman–Crippen MR) is 97.9 cm³/mol. The summed E-state index contributed by atoms with van der Waals surface area (Å²) in [6.45, 7) is 3.39. The number of benzene rings is 1. The highest BCUT2D eigenvalue weighted by Crippen LogP contribution is 2.38. The molecule has 2 saturated heterocycles. The number of aromatic nitrogens is 1. The molecule has 0 radical (unpaired) electrons. The van der Waals surface area contributed by atoms with E-state index in [1.807, 2.05) is 6.07 Å². The van der Waals surface area contributed by atoms with Gasteiger partial charge in [0.25, 0.3) is 5.91 Å². The second-order valence-electron chi connectivity index (χ2n) is 8.15. The van der Waals surface area contributed by atoms with Gasteiger partial charge in [0.1, 0.15) is 0 Å². The molecule has 25 heavy (non-hydrogen) atoms. The van der Waals surface area contributed by atoms with Crippen LogP contribution in [0.3, 0.4) is 0 Å². The summed E-state index contributed by atoms with van der Waals surface area (Å²) in [5.74, 6) is 0.190. The molecule has 0 bridgehead atoms. The second kappa shape index (κ2) is 5.87. The lowest BCUT2D eigenvalue weighted by molar-refractivity contribution is 0.0464. The number of hydrogen-bond donors (Lipinski definition) is 1. The number of carbonyl (C=O) groups is 1. The van der Waals surface area contributed by atoms with Gasteiger partial charge in [0, 0.05) is 36.2 Å². The minimum atomic E-state index is 0.190. The molecular weight excluding hydrogens is 312 g/mol. The van der Waals surface area contributed by atoms with E-state index in [0.29, 0.717) is 0 Å². The van der Waals surface area contributed by atoms with Gasteiger partial charge in [0.2, 0.25) is 0 Å². The number of aromatic amines is 1. The van der Waals surface area contributed by atoms with E-state index < -0.39 is 0 Å². The Morgan fingerprint density at radius 1 is 1.16 bits per heavy atom. The molecule has 2 aliphatic heterocycles. The van der Waals surface area contributed by atoms with Gasteiger partial charge in [-0.05, 0) is 56.6 Å². The van der Waals surface area contributed by atoms with Crippen molar-refractivity contribution >= 4 is 16.8 Å². The summed E-state index contributed by atoms with van der Waals surface area (Å²) in [4.78, 5) is 19.0. The van der Waals surface area contributed by atoms with Crippen molar-refractivity contribution in [3.8, 4) is 0 Å². The number of rotatable bonds is 1. The molecular formula is C21H26N2O2. The summed E-state index contributed by atoms with van der Waals surface area (Å²) in [7, 11) is 0. The van der Waals surface area contributed by atoms with E-state index in [-0.39, 0.29) is 11.3 Å². The molecule has 1 spiro atoms. The first kappa shape index (κ1) is 15.4. The Bertz CT molecular complexity index is 817. The van der Waals surface area contributed by atoms with Gasteiger partial charge in [-0.1, -0.05) is 12.1 Å². The zero-order valence-corrected chi connectivity index (χ0v) is 14.8. The van der Waals surface area contributed by atoms with Crippen LogP contribution in [0, 0.1) is 5.41 Å². The first-order valence-electron chi connectivity index (χ1n) is 9.75. The number of likely N-dealkylation sites (tertiary alicyclic amines) is 1. The Balaban J connectivity index is 1.50. The molecule has 1 unspecified atom stereocenters. The standard InChI is InChI=1S/C21H26N2O2/c24-20(23-11-4-9-21(13-23)10-12-25-14-21)17-7-3-6-16-15-5-1-2-8-18(15)22-19(16)17/h3,6-7,22H,1-2,4-5,8-14H2. The van der Waals surface area contributed by atoms with Crippen molar-refractivity contribution < 1.29 is 9.53 Å². The Morgan fingerprint density at radius 3 is 2.96 bits per heavy atom. The highest BCUT2D eigenvalue weighted by Gasteiger charge is 2.40. The van der Waals surface area contributed by atoms with Crippen molar-refractivity contribution in [2.24, 2.45) is 5.41 Å². The third-order valence-electron chi connectivity index (χ3n) is 6.50. The number of carbonyl (C=O) groups excluding carboxylic acids is 1. The molecule has 3 aliphatic rings. The number of ether oxygens (including phenoxy) is 1.